The van der Waals surface area contributed by atoms with Crippen molar-refractivity contribution in [2.75, 3.05) is 37.0 Å². The minimum absolute atomic E-state index is 0.00676. The van der Waals surface area contributed by atoms with Crippen LogP contribution in [0, 0.1) is 5.41 Å². The Labute approximate surface area is 169 Å². The van der Waals surface area contributed by atoms with Crippen LogP contribution in [0.2, 0.25) is 0 Å². The van der Waals surface area contributed by atoms with Crippen LogP contribution in [0.3, 0.4) is 0 Å². The second-order valence-corrected chi connectivity index (χ2v) is 9.12. The third-order valence-electron chi connectivity index (χ3n) is 5.28. The number of rotatable bonds is 6. The maximum absolute atomic E-state index is 12.5. The molecule has 0 fully saturated rings. The highest BCUT2D eigenvalue weighted by atomic mass is 16.1. The molecule has 0 spiro atoms. The number of hydrogen-bond donors (Lipinski definition) is 1. The van der Waals surface area contributed by atoms with Gasteiger partial charge in [0.1, 0.15) is 0 Å². The predicted molar refractivity (Wildman–Crippen MR) is 118 cm³/mol. The van der Waals surface area contributed by atoms with E-state index in [4.69, 9.17) is 0 Å². The summed E-state index contributed by atoms with van der Waals surface area (Å²) in [4.78, 5) is 17.0. The van der Waals surface area contributed by atoms with Crippen molar-refractivity contribution >= 4 is 17.3 Å². The molecule has 0 bridgehead atoms. The Morgan fingerprint density at radius 2 is 1.79 bits per heavy atom. The molecular formula is C24H33N3O. The standard InChI is InChI=1S/C24H33N3O/c1-24(2,3)16-23(28)25-17-22(19-10-12-20(13-11-19)26(4)5)27-15-14-18-8-6-7-9-21(18)27/h6-13,22H,14-17H2,1-5H3,(H,25,28)/t22-/m0/s1. The average molecular weight is 380 g/mol. The molecule has 150 valence electrons. The molecule has 2 aromatic rings. The van der Waals surface area contributed by atoms with Gasteiger partial charge in [0, 0.05) is 45.0 Å². The summed E-state index contributed by atoms with van der Waals surface area (Å²) in [5.74, 6) is 0.120. The third-order valence-corrected chi connectivity index (χ3v) is 5.28. The van der Waals surface area contributed by atoms with Crippen molar-refractivity contribution in [1.82, 2.24) is 5.32 Å². The summed E-state index contributed by atoms with van der Waals surface area (Å²) in [6.07, 6.45) is 1.59. The largest absolute Gasteiger partial charge is 0.378 e. The number of hydrogen-bond acceptors (Lipinski definition) is 3. The molecule has 4 nitrogen and oxygen atoms in total. The van der Waals surface area contributed by atoms with Crippen LogP contribution in [0.4, 0.5) is 11.4 Å². The number of nitrogens with one attached hydrogen (secondary N) is 1. The topological polar surface area (TPSA) is 35.6 Å². The molecule has 1 N–H and O–H groups in total. The normalized spacial score (nSPS) is 14.5. The van der Waals surface area contributed by atoms with Gasteiger partial charge in [0.2, 0.25) is 5.91 Å². The second kappa shape index (κ2) is 8.26. The molecule has 3 rings (SSSR count). The molecule has 1 atom stereocenters. The molecule has 0 aromatic heterocycles. The molecule has 2 aromatic carbocycles. The summed E-state index contributed by atoms with van der Waals surface area (Å²) in [6, 6.07) is 17.4. The lowest BCUT2D eigenvalue weighted by Gasteiger charge is -2.32. The molecular weight excluding hydrogens is 346 g/mol. The lowest BCUT2D eigenvalue weighted by atomic mass is 9.92. The van der Waals surface area contributed by atoms with Crippen LogP contribution in [0.5, 0.6) is 0 Å². The van der Waals surface area contributed by atoms with Gasteiger partial charge in [-0.2, -0.15) is 0 Å². The summed E-state index contributed by atoms with van der Waals surface area (Å²) in [5.41, 5.74) is 5.08. The highest BCUT2D eigenvalue weighted by Crippen LogP contribution is 2.35. The molecule has 0 aliphatic carbocycles. The Balaban J connectivity index is 1.83. The summed E-state index contributed by atoms with van der Waals surface area (Å²) in [7, 11) is 4.10. The van der Waals surface area contributed by atoms with E-state index in [1.54, 1.807) is 0 Å². The number of amides is 1. The monoisotopic (exact) mass is 379 g/mol. The van der Waals surface area contributed by atoms with Crippen molar-refractivity contribution in [3.8, 4) is 0 Å². The second-order valence-electron chi connectivity index (χ2n) is 9.12. The van der Waals surface area contributed by atoms with Gasteiger partial charge in [-0.25, -0.2) is 0 Å². The molecule has 1 amide bonds. The van der Waals surface area contributed by atoms with Crippen molar-refractivity contribution in [2.45, 2.75) is 39.7 Å². The van der Waals surface area contributed by atoms with Gasteiger partial charge in [0.25, 0.3) is 0 Å². The molecule has 0 radical (unpaired) electrons. The zero-order valence-corrected chi connectivity index (χ0v) is 17.8. The average Bonchev–Trinajstić information content (AvgIpc) is 3.05. The van der Waals surface area contributed by atoms with Gasteiger partial charge >= 0.3 is 0 Å². The number of anilines is 2. The predicted octanol–water partition coefficient (Wildman–Crippen LogP) is 4.41. The summed E-state index contributed by atoms with van der Waals surface area (Å²) < 4.78 is 0. The SMILES string of the molecule is CN(C)c1ccc([C@H](CNC(=O)CC(C)(C)C)N2CCc3ccccc32)cc1. The number of benzene rings is 2. The number of fused-ring (bicyclic) bond motifs is 1. The van der Waals surface area contributed by atoms with E-state index in [1.165, 1.54) is 22.5 Å². The van der Waals surface area contributed by atoms with E-state index in [0.29, 0.717) is 13.0 Å². The Bertz CT molecular complexity index is 805. The van der Waals surface area contributed by atoms with E-state index < -0.39 is 0 Å². The number of nitrogens with zero attached hydrogens (tertiary/aromatic N) is 2. The van der Waals surface area contributed by atoms with Crippen LogP contribution in [0.25, 0.3) is 0 Å². The minimum Gasteiger partial charge on any atom is -0.378 e. The van der Waals surface area contributed by atoms with Crippen LogP contribution in [0.15, 0.2) is 48.5 Å². The van der Waals surface area contributed by atoms with E-state index >= 15 is 0 Å². The van der Waals surface area contributed by atoms with Gasteiger partial charge in [0.05, 0.1) is 6.04 Å². The Morgan fingerprint density at radius 1 is 1.11 bits per heavy atom. The van der Waals surface area contributed by atoms with Crippen LogP contribution >= 0.6 is 0 Å². The zero-order valence-electron chi connectivity index (χ0n) is 17.8. The van der Waals surface area contributed by atoms with Crippen molar-refractivity contribution in [1.29, 1.82) is 0 Å². The van der Waals surface area contributed by atoms with Crippen molar-refractivity contribution < 1.29 is 4.79 Å². The van der Waals surface area contributed by atoms with Gasteiger partial charge in [-0.15, -0.1) is 0 Å². The van der Waals surface area contributed by atoms with E-state index in [0.717, 1.165) is 13.0 Å². The lowest BCUT2D eigenvalue weighted by Crippen LogP contribution is -2.38. The number of carbonyl (C=O) groups is 1. The lowest BCUT2D eigenvalue weighted by molar-refractivity contribution is -0.122. The maximum atomic E-state index is 12.5. The number of carbonyl (C=O) groups excluding carboxylic acids is 1. The van der Waals surface area contributed by atoms with E-state index in [-0.39, 0.29) is 17.4 Å². The van der Waals surface area contributed by atoms with E-state index in [9.17, 15) is 4.79 Å². The molecule has 1 heterocycles. The first-order valence-electron chi connectivity index (χ1n) is 10.1. The molecule has 28 heavy (non-hydrogen) atoms. The highest BCUT2D eigenvalue weighted by molar-refractivity contribution is 5.76. The molecule has 1 aliphatic rings. The molecule has 0 saturated carbocycles. The number of para-hydroxylation sites is 1. The fourth-order valence-electron chi connectivity index (χ4n) is 3.84. The fourth-order valence-corrected chi connectivity index (χ4v) is 3.84. The Kier molecular flexibility index (Phi) is 5.97. The Morgan fingerprint density at radius 3 is 2.43 bits per heavy atom. The van der Waals surface area contributed by atoms with Gasteiger partial charge in [0.15, 0.2) is 0 Å². The van der Waals surface area contributed by atoms with Crippen LogP contribution in [0.1, 0.15) is 44.4 Å². The van der Waals surface area contributed by atoms with Crippen LogP contribution in [-0.4, -0.2) is 33.1 Å². The molecule has 1 aliphatic heterocycles. The van der Waals surface area contributed by atoms with Gasteiger partial charge in [-0.3, -0.25) is 4.79 Å². The van der Waals surface area contributed by atoms with Gasteiger partial charge < -0.3 is 15.1 Å². The minimum atomic E-state index is -0.00676. The zero-order chi connectivity index (χ0) is 20.3. The highest BCUT2D eigenvalue weighted by Gasteiger charge is 2.28. The quantitative estimate of drug-likeness (QED) is 0.808. The van der Waals surface area contributed by atoms with E-state index in [1.807, 2.05) is 0 Å². The first-order valence-corrected chi connectivity index (χ1v) is 10.1. The maximum Gasteiger partial charge on any atom is 0.220 e. The summed E-state index contributed by atoms with van der Waals surface area (Å²) in [6.45, 7) is 7.89. The third kappa shape index (κ3) is 4.86. The van der Waals surface area contributed by atoms with E-state index in [2.05, 4.69) is 98.5 Å². The smallest absolute Gasteiger partial charge is 0.220 e. The fraction of sp³-hybridized carbons (Fsp3) is 0.458. The Hall–Kier alpha value is -2.49. The van der Waals surface area contributed by atoms with Gasteiger partial charge in [-0.05, 0) is 41.2 Å². The molecule has 0 unspecified atom stereocenters. The molecule has 0 saturated heterocycles. The summed E-state index contributed by atoms with van der Waals surface area (Å²) in [5, 5.41) is 3.19. The van der Waals surface area contributed by atoms with Crippen molar-refractivity contribution in [3.05, 3.63) is 59.7 Å². The molecule has 4 heteroatoms. The van der Waals surface area contributed by atoms with Gasteiger partial charge in [-0.1, -0.05) is 51.1 Å². The van der Waals surface area contributed by atoms with Crippen molar-refractivity contribution in [2.24, 2.45) is 5.41 Å². The summed E-state index contributed by atoms with van der Waals surface area (Å²) >= 11 is 0. The van der Waals surface area contributed by atoms with Crippen LogP contribution in [-0.2, 0) is 11.2 Å². The van der Waals surface area contributed by atoms with Crippen LogP contribution < -0.4 is 15.1 Å². The first kappa shape index (κ1) is 20.2. The van der Waals surface area contributed by atoms with Crippen molar-refractivity contribution in [3.63, 3.8) is 0 Å². The first-order chi connectivity index (χ1) is 13.2.